The van der Waals surface area contributed by atoms with Gasteiger partial charge in [-0.25, -0.2) is 0 Å². The molecule has 142 valence electrons. The Morgan fingerprint density at radius 2 is 1.65 bits per heavy atom. The Labute approximate surface area is 157 Å². The first-order valence-electron chi connectivity index (χ1n) is 10.3. The van der Waals surface area contributed by atoms with E-state index in [4.69, 9.17) is 0 Å². The SMILES string of the molecule is Cc1cccc(CNC(=O)C2CCC(C(=O)N3CCCCCC3)CC2)c1. The number of carbonyl (C=O) groups excluding carboxylic acids is 2. The van der Waals surface area contributed by atoms with Crippen molar-refractivity contribution in [1.29, 1.82) is 0 Å². The number of hydrogen-bond donors (Lipinski definition) is 1. The third-order valence-corrected chi connectivity index (χ3v) is 5.91. The molecule has 0 radical (unpaired) electrons. The Morgan fingerprint density at radius 1 is 1.00 bits per heavy atom. The van der Waals surface area contributed by atoms with Gasteiger partial charge in [-0.05, 0) is 51.0 Å². The van der Waals surface area contributed by atoms with E-state index in [9.17, 15) is 9.59 Å². The first-order chi connectivity index (χ1) is 12.6. The van der Waals surface area contributed by atoms with Gasteiger partial charge in [0.25, 0.3) is 0 Å². The lowest BCUT2D eigenvalue weighted by molar-refractivity contribution is -0.138. The van der Waals surface area contributed by atoms with Gasteiger partial charge in [-0.1, -0.05) is 42.7 Å². The van der Waals surface area contributed by atoms with Gasteiger partial charge < -0.3 is 10.2 Å². The topological polar surface area (TPSA) is 49.4 Å². The molecule has 4 nitrogen and oxygen atoms in total. The lowest BCUT2D eigenvalue weighted by atomic mass is 9.81. The summed E-state index contributed by atoms with van der Waals surface area (Å²) in [7, 11) is 0. The highest BCUT2D eigenvalue weighted by Crippen LogP contribution is 2.31. The number of hydrogen-bond acceptors (Lipinski definition) is 2. The molecule has 1 saturated heterocycles. The summed E-state index contributed by atoms with van der Waals surface area (Å²) in [6.07, 6.45) is 8.17. The van der Waals surface area contributed by atoms with Gasteiger partial charge in [-0.15, -0.1) is 0 Å². The van der Waals surface area contributed by atoms with Crippen LogP contribution < -0.4 is 5.32 Å². The van der Waals surface area contributed by atoms with Crippen molar-refractivity contribution in [3.8, 4) is 0 Å². The molecule has 2 fully saturated rings. The summed E-state index contributed by atoms with van der Waals surface area (Å²) in [5.41, 5.74) is 2.35. The molecule has 0 atom stereocenters. The number of nitrogens with one attached hydrogen (secondary N) is 1. The summed E-state index contributed by atoms with van der Waals surface area (Å²) in [5.74, 6) is 0.680. The molecule has 0 spiro atoms. The van der Waals surface area contributed by atoms with Gasteiger partial charge in [0.15, 0.2) is 0 Å². The maximum Gasteiger partial charge on any atom is 0.225 e. The van der Waals surface area contributed by atoms with Crippen molar-refractivity contribution in [2.75, 3.05) is 13.1 Å². The quantitative estimate of drug-likeness (QED) is 0.891. The number of nitrogens with zero attached hydrogens (tertiary/aromatic N) is 1. The van der Waals surface area contributed by atoms with Crippen molar-refractivity contribution in [2.45, 2.75) is 64.8 Å². The van der Waals surface area contributed by atoms with Gasteiger partial charge in [-0.2, -0.15) is 0 Å². The van der Waals surface area contributed by atoms with E-state index < -0.39 is 0 Å². The fraction of sp³-hybridized carbons (Fsp3) is 0.636. The highest BCUT2D eigenvalue weighted by molar-refractivity contribution is 5.81. The summed E-state index contributed by atoms with van der Waals surface area (Å²) in [4.78, 5) is 27.3. The molecule has 3 rings (SSSR count). The lowest BCUT2D eigenvalue weighted by Gasteiger charge is -2.31. The largest absolute Gasteiger partial charge is 0.352 e. The predicted molar refractivity (Wildman–Crippen MR) is 104 cm³/mol. The van der Waals surface area contributed by atoms with Gasteiger partial charge >= 0.3 is 0 Å². The maximum absolute atomic E-state index is 12.8. The van der Waals surface area contributed by atoms with Crippen LogP contribution in [0.4, 0.5) is 0 Å². The average molecular weight is 357 g/mol. The van der Waals surface area contributed by atoms with Crippen LogP contribution in [-0.4, -0.2) is 29.8 Å². The van der Waals surface area contributed by atoms with Gasteiger partial charge in [0, 0.05) is 31.5 Å². The van der Waals surface area contributed by atoms with Crippen LogP contribution >= 0.6 is 0 Å². The summed E-state index contributed by atoms with van der Waals surface area (Å²) in [5, 5.41) is 3.08. The van der Waals surface area contributed by atoms with E-state index in [2.05, 4.69) is 29.3 Å². The van der Waals surface area contributed by atoms with E-state index in [0.717, 1.165) is 57.2 Å². The fourth-order valence-corrected chi connectivity index (χ4v) is 4.31. The highest BCUT2D eigenvalue weighted by Gasteiger charge is 2.32. The molecule has 1 N–H and O–H groups in total. The number of likely N-dealkylation sites (tertiary alicyclic amines) is 1. The number of carbonyl (C=O) groups is 2. The monoisotopic (exact) mass is 356 g/mol. The molecule has 0 bridgehead atoms. The van der Waals surface area contributed by atoms with Gasteiger partial charge in [0.2, 0.25) is 11.8 Å². The summed E-state index contributed by atoms with van der Waals surface area (Å²) in [6, 6.07) is 8.24. The zero-order valence-electron chi connectivity index (χ0n) is 16.0. The number of amides is 2. The van der Waals surface area contributed by atoms with Crippen molar-refractivity contribution in [2.24, 2.45) is 11.8 Å². The first-order valence-corrected chi connectivity index (χ1v) is 10.3. The molecule has 1 aromatic carbocycles. The van der Waals surface area contributed by atoms with Gasteiger partial charge in [-0.3, -0.25) is 9.59 Å². The van der Waals surface area contributed by atoms with Crippen molar-refractivity contribution < 1.29 is 9.59 Å². The van der Waals surface area contributed by atoms with E-state index in [-0.39, 0.29) is 17.7 Å². The molecule has 0 unspecified atom stereocenters. The van der Waals surface area contributed by atoms with E-state index in [1.807, 2.05) is 12.1 Å². The zero-order valence-corrected chi connectivity index (χ0v) is 16.0. The Balaban J connectivity index is 1.43. The van der Waals surface area contributed by atoms with Gasteiger partial charge in [0.05, 0.1) is 0 Å². The molecular weight excluding hydrogens is 324 g/mol. The molecule has 4 heteroatoms. The van der Waals surface area contributed by atoms with Crippen molar-refractivity contribution >= 4 is 11.8 Å². The van der Waals surface area contributed by atoms with E-state index >= 15 is 0 Å². The summed E-state index contributed by atoms with van der Waals surface area (Å²) >= 11 is 0. The van der Waals surface area contributed by atoms with Crippen molar-refractivity contribution in [3.63, 3.8) is 0 Å². The zero-order chi connectivity index (χ0) is 18.4. The smallest absolute Gasteiger partial charge is 0.225 e. The second kappa shape index (κ2) is 9.20. The third-order valence-electron chi connectivity index (χ3n) is 5.91. The number of benzene rings is 1. The normalized spacial score (nSPS) is 24.0. The van der Waals surface area contributed by atoms with E-state index in [1.54, 1.807) is 0 Å². The Hall–Kier alpha value is -1.84. The predicted octanol–water partition coefficient (Wildman–Crippen LogP) is 3.82. The Bertz CT molecular complexity index is 612. The van der Waals surface area contributed by atoms with Crippen molar-refractivity contribution in [3.05, 3.63) is 35.4 Å². The minimum Gasteiger partial charge on any atom is -0.352 e. The molecule has 2 aliphatic rings. The molecule has 1 aromatic rings. The van der Waals surface area contributed by atoms with E-state index in [0.29, 0.717) is 12.5 Å². The van der Waals surface area contributed by atoms with E-state index in [1.165, 1.54) is 18.4 Å². The number of aryl methyl sites for hydroxylation is 1. The highest BCUT2D eigenvalue weighted by atomic mass is 16.2. The molecule has 0 aromatic heterocycles. The molecule has 1 saturated carbocycles. The minimum absolute atomic E-state index is 0.0630. The van der Waals surface area contributed by atoms with Crippen LogP contribution in [0.3, 0.4) is 0 Å². The van der Waals surface area contributed by atoms with Crippen LogP contribution in [-0.2, 0) is 16.1 Å². The standard InChI is InChI=1S/C22H32N2O2/c1-17-7-6-8-18(15-17)16-23-21(25)19-9-11-20(12-10-19)22(26)24-13-4-2-3-5-14-24/h6-8,15,19-20H,2-5,9-14,16H2,1H3,(H,23,25). The van der Waals surface area contributed by atoms with Crippen LogP contribution in [0.25, 0.3) is 0 Å². The van der Waals surface area contributed by atoms with Crippen LogP contribution in [0.2, 0.25) is 0 Å². The number of rotatable bonds is 4. The average Bonchev–Trinajstić information content (AvgIpc) is 2.95. The fourth-order valence-electron chi connectivity index (χ4n) is 4.31. The third kappa shape index (κ3) is 5.09. The Kier molecular flexibility index (Phi) is 6.70. The minimum atomic E-state index is 0.0630. The van der Waals surface area contributed by atoms with Crippen molar-refractivity contribution in [1.82, 2.24) is 10.2 Å². The molecule has 1 aliphatic carbocycles. The molecule has 1 aliphatic heterocycles. The maximum atomic E-state index is 12.8. The molecule has 26 heavy (non-hydrogen) atoms. The first kappa shape index (κ1) is 18.9. The molecule has 2 amide bonds. The van der Waals surface area contributed by atoms with Crippen LogP contribution in [0, 0.1) is 18.8 Å². The van der Waals surface area contributed by atoms with Gasteiger partial charge in [0.1, 0.15) is 0 Å². The lowest BCUT2D eigenvalue weighted by Crippen LogP contribution is -2.40. The van der Waals surface area contributed by atoms with Crippen LogP contribution in [0.1, 0.15) is 62.5 Å². The second-order valence-corrected chi connectivity index (χ2v) is 7.99. The molecule has 1 heterocycles. The second-order valence-electron chi connectivity index (χ2n) is 7.99. The van der Waals surface area contributed by atoms with Crippen LogP contribution in [0.5, 0.6) is 0 Å². The summed E-state index contributed by atoms with van der Waals surface area (Å²) in [6.45, 7) is 4.51. The summed E-state index contributed by atoms with van der Waals surface area (Å²) < 4.78 is 0. The Morgan fingerprint density at radius 3 is 2.31 bits per heavy atom. The molecular formula is C22H32N2O2. The van der Waals surface area contributed by atoms with Crippen LogP contribution in [0.15, 0.2) is 24.3 Å².